The lowest BCUT2D eigenvalue weighted by Crippen LogP contribution is -2.26. The summed E-state index contributed by atoms with van der Waals surface area (Å²) in [5.74, 6) is 0. The highest BCUT2D eigenvalue weighted by molar-refractivity contribution is 6.67. The minimum Gasteiger partial charge on any atom is -0.446 e. The van der Waals surface area contributed by atoms with E-state index in [9.17, 15) is 5.02 Å². The second kappa shape index (κ2) is 3.47. The van der Waals surface area contributed by atoms with Gasteiger partial charge in [-0.2, -0.15) is 0 Å². The quantitative estimate of drug-likeness (QED) is 0.671. The standard InChI is InChI=1S/C12H13BO/c1-9-7-8-12(13(2)14)11-6-4-3-5-10(9)11/h3-8,14H,1-2H3. The summed E-state index contributed by atoms with van der Waals surface area (Å²) in [7, 11) is 0. The summed E-state index contributed by atoms with van der Waals surface area (Å²) in [6.45, 7) is 3.49. The molecule has 0 saturated carbocycles. The lowest BCUT2D eigenvalue weighted by atomic mass is 9.62. The van der Waals surface area contributed by atoms with Gasteiger partial charge in [-0.1, -0.05) is 43.2 Å². The first kappa shape index (κ1) is 9.29. The molecule has 0 saturated heterocycles. The Morgan fingerprint density at radius 2 is 1.64 bits per heavy atom. The second-order valence-corrected chi connectivity index (χ2v) is 3.69. The lowest BCUT2D eigenvalue weighted by molar-refractivity contribution is 0.594. The molecule has 0 aliphatic carbocycles. The van der Waals surface area contributed by atoms with Gasteiger partial charge in [-0.3, -0.25) is 0 Å². The first-order valence-electron chi connectivity index (χ1n) is 4.86. The molecule has 0 aromatic heterocycles. The third-order valence-corrected chi connectivity index (χ3v) is 2.63. The molecule has 0 aliphatic rings. The fourth-order valence-electron chi connectivity index (χ4n) is 1.84. The molecule has 0 atom stereocenters. The maximum Gasteiger partial charge on any atom is 0.321 e. The van der Waals surface area contributed by atoms with Crippen molar-refractivity contribution >= 4 is 23.2 Å². The zero-order valence-corrected chi connectivity index (χ0v) is 8.49. The van der Waals surface area contributed by atoms with Gasteiger partial charge in [0.2, 0.25) is 0 Å². The molecule has 0 aliphatic heterocycles. The molecule has 70 valence electrons. The first-order chi connectivity index (χ1) is 6.70. The normalized spacial score (nSPS) is 10.5. The predicted octanol–water partition coefficient (Wildman–Crippen LogP) is 1.97. The van der Waals surface area contributed by atoms with Gasteiger partial charge in [0.25, 0.3) is 0 Å². The highest BCUT2D eigenvalue weighted by Crippen LogP contribution is 2.16. The molecule has 2 aromatic rings. The number of hydrogen-bond donors (Lipinski definition) is 1. The summed E-state index contributed by atoms with van der Waals surface area (Å²) in [4.78, 5) is 0. The van der Waals surface area contributed by atoms with Crippen LogP contribution in [0, 0.1) is 6.92 Å². The lowest BCUT2D eigenvalue weighted by Gasteiger charge is -2.08. The van der Waals surface area contributed by atoms with E-state index in [1.165, 1.54) is 10.9 Å². The highest BCUT2D eigenvalue weighted by atomic mass is 16.2. The highest BCUT2D eigenvalue weighted by Gasteiger charge is 2.10. The molecule has 0 bridgehead atoms. The SMILES string of the molecule is CB(O)c1ccc(C)c2ccccc12. The topological polar surface area (TPSA) is 20.2 Å². The smallest absolute Gasteiger partial charge is 0.321 e. The number of fused-ring (bicyclic) bond motifs is 1. The molecule has 14 heavy (non-hydrogen) atoms. The Balaban J connectivity index is 2.82. The molecule has 2 heteroatoms. The molecule has 1 N–H and O–H groups in total. The molecular formula is C12H13BO. The minimum atomic E-state index is -0.402. The summed E-state index contributed by atoms with van der Waals surface area (Å²) in [6, 6.07) is 12.3. The Labute approximate surface area is 84.5 Å². The Morgan fingerprint density at radius 1 is 1.00 bits per heavy atom. The van der Waals surface area contributed by atoms with Crippen LogP contribution in [0.15, 0.2) is 36.4 Å². The van der Waals surface area contributed by atoms with Crippen LogP contribution in [-0.4, -0.2) is 11.9 Å². The van der Waals surface area contributed by atoms with E-state index in [1.807, 2.05) is 18.2 Å². The maximum atomic E-state index is 9.61. The Kier molecular flexibility index (Phi) is 2.30. The van der Waals surface area contributed by atoms with Crippen LogP contribution >= 0.6 is 0 Å². The van der Waals surface area contributed by atoms with Crippen LogP contribution in [0.5, 0.6) is 0 Å². The van der Waals surface area contributed by atoms with E-state index in [4.69, 9.17) is 0 Å². The third kappa shape index (κ3) is 1.42. The van der Waals surface area contributed by atoms with E-state index in [2.05, 4.69) is 25.1 Å². The second-order valence-electron chi connectivity index (χ2n) is 3.69. The van der Waals surface area contributed by atoms with Crippen molar-refractivity contribution in [1.29, 1.82) is 0 Å². The van der Waals surface area contributed by atoms with Crippen molar-refractivity contribution in [2.45, 2.75) is 13.7 Å². The van der Waals surface area contributed by atoms with Crippen molar-refractivity contribution in [2.75, 3.05) is 0 Å². The maximum absolute atomic E-state index is 9.61. The van der Waals surface area contributed by atoms with E-state index in [1.54, 1.807) is 6.82 Å². The van der Waals surface area contributed by atoms with E-state index in [0.29, 0.717) is 0 Å². The van der Waals surface area contributed by atoms with Gasteiger partial charge in [-0.25, -0.2) is 0 Å². The molecule has 2 aromatic carbocycles. The van der Waals surface area contributed by atoms with Crippen molar-refractivity contribution < 1.29 is 5.02 Å². The fourth-order valence-corrected chi connectivity index (χ4v) is 1.84. The van der Waals surface area contributed by atoms with Gasteiger partial charge >= 0.3 is 6.92 Å². The van der Waals surface area contributed by atoms with Gasteiger partial charge in [-0.15, -0.1) is 0 Å². The van der Waals surface area contributed by atoms with Crippen LogP contribution in [-0.2, 0) is 0 Å². The van der Waals surface area contributed by atoms with Gasteiger partial charge in [0.1, 0.15) is 0 Å². The van der Waals surface area contributed by atoms with Gasteiger partial charge in [-0.05, 0) is 28.7 Å². The van der Waals surface area contributed by atoms with Gasteiger partial charge in [0.05, 0.1) is 0 Å². The number of aryl methyl sites for hydroxylation is 1. The fraction of sp³-hybridized carbons (Fsp3) is 0.167. The van der Waals surface area contributed by atoms with Crippen LogP contribution < -0.4 is 5.46 Å². The monoisotopic (exact) mass is 184 g/mol. The van der Waals surface area contributed by atoms with Crippen molar-refractivity contribution in [2.24, 2.45) is 0 Å². The molecular weight excluding hydrogens is 171 g/mol. The zero-order chi connectivity index (χ0) is 10.1. The Hall–Kier alpha value is -1.28. The largest absolute Gasteiger partial charge is 0.446 e. The van der Waals surface area contributed by atoms with Crippen LogP contribution in [0.4, 0.5) is 0 Å². The van der Waals surface area contributed by atoms with E-state index in [0.717, 1.165) is 10.8 Å². The molecule has 0 amide bonds. The van der Waals surface area contributed by atoms with E-state index < -0.39 is 6.92 Å². The summed E-state index contributed by atoms with van der Waals surface area (Å²) in [5.41, 5.74) is 2.26. The minimum absolute atomic E-state index is 0.402. The molecule has 0 heterocycles. The average molecular weight is 184 g/mol. The van der Waals surface area contributed by atoms with E-state index in [-0.39, 0.29) is 0 Å². The molecule has 2 rings (SSSR count). The van der Waals surface area contributed by atoms with Gasteiger partial charge < -0.3 is 5.02 Å². The van der Waals surface area contributed by atoms with Crippen molar-refractivity contribution in [3.05, 3.63) is 42.0 Å². The summed E-state index contributed by atoms with van der Waals surface area (Å²) < 4.78 is 0. The van der Waals surface area contributed by atoms with Crippen LogP contribution in [0.3, 0.4) is 0 Å². The van der Waals surface area contributed by atoms with Gasteiger partial charge in [0.15, 0.2) is 0 Å². The van der Waals surface area contributed by atoms with Crippen LogP contribution in [0.1, 0.15) is 5.56 Å². The molecule has 1 nitrogen and oxygen atoms in total. The van der Waals surface area contributed by atoms with Crippen molar-refractivity contribution in [3.63, 3.8) is 0 Å². The summed E-state index contributed by atoms with van der Waals surface area (Å²) in [6.07, 6.45) is 0. The number of benzene rings is 2. The first-order valence-corrected chi connectivity index (χ1v) is 4.86. The van der Waals surface area contributed by atoms with Crippen LogP contribution in [0.2, 0.25) is 6.82 Å². The predicted molar refractivity (Wildman–Crippen MR) is 62.2 cm³/mol. The Bertz CT molecular complexity index is 463. The zero-order valence-electron chi connectivity index (χ0n) is 8.49. The Morgan fingerprint density at radius 3 is 2.29 bits per heavy atom. The van der Waals surface area contributed by atoms with E-state index >= 15 is 0 Å². The molecule has 0 fully saturated rings. The van der Waals surface area contributed by atoms with Crippen molar-refractivity contribution in [1.82, 2.24) is 0 Å². The van der Waals surface area contributed by atoms with Gasteiger partial charge in [0, 0.05) is 0 Å². The number of hydrogen-bond acceptors (Lipinski definition) is 1. The molecule has 0 spiro atoms. The van der Waals surface area contributed by atoms with Crippen molar-refractivity contribution in [3.8, 4) is 0 Å². The summed E-state index contributed by atoms with van der Waals surface area (Å²) >= 11 is 0. The molecule has 0 radical (unpaired) electrons. The average Bonchev–Trinajstić information content (AvgIpc) is 2.18. The van der Waals surface area contributed by atoms with Crippen LogP contribution in [0.25, 0.3) is 10.8 Å². The summed E-state index contributed by atoms with van der Waals surface area (Å²) in [5, 5.41) is 12.0. The third-order valence-electron chi connectivity index (χ3n) is 2.63. The number of rotatable bonds is 1. The molecule has 0 unspecified atom stereocenters.